The Bertz CT molecular complexity index is 829. The molecule has 3 heterocycles. The van der Waals surface area contributed by atoms with Gasteiger partial charge in [0.15, 0.2) is 0 Å². The summed E-state index contributed by atoms with van der Waals surface area (Å²) in [5.41, 5.74) is 6.27. The fraction of sp³-hybridized carbons (Fsp3) is 0.0625. The number of halogens is 3. The second-order valence-corrected chi connectivity index (χ2v) is 5.82. The summed E-state index contributed by atoms with van der Waals surface area (Å²) in [7, 11) is 0. The maximum atomic E-state index is 14.2. The summed E-state index contributed by atoms with van der Waals surface area (Å²) in [5.74, 6) is -0.973. The summed E-state index contributed by atoms with van der Waals surface area (Å²) in [6.45, 7) is 0. The molecule has 3 N–H and O–H groups in total. The lowest BCUT2D eigenvalue weighted by Gasteiger charge is -2.20. The minimum Gasteiger partial charge on any atom is -0.382 e. The molecule has 0 amide bonds. The van der Waals surface area contributed by atoms with Crippen LogP contribution in [0.4, 0.5) is 20.3 Å². The van der Waals surface area contributed by atoms with Gasteiger partial charge in [-0.2, -0.15) is 0 Å². The molecule has 0 atom stereocenters. The highest BCUT2D eigenvalue weighted by Gasteiger charge is 2.24. The van der Waals surface area contributed by atoms with E-state index < -0.39 is 17.7 Å². The highest BCUT2D eigenvalue weighted by Crippen LogP contribution is 2.30. The number of aromatic nitrogens is 3. The molecule has 5 nitrogen and oxygen atoms in total. The van der Waals surface area contributed by atoms with Crippen molar-refractivity contribution >= 4 is 27.4 Å². The third-order valence-electron chi connectivity index (χ3n) is 3.31. The number of anilines is 2. The highest BCUT2D eigenvalue weighted by atomic mass is 79.9. The van der Waals surface area contributed by atoms with Crippen LogP contribution >= 0.6 is 15.9 Å². The van der Waals surface area contributed by atoms with Gasteiger partial charge >= 0.3 is 0 Å². The second-order valence-electron chi connectivity index (χ2n) is 4.90. The topological polar surface area (TPSA) is 76.7 Å². The molecular weight excluding hydrogens is 380 g/mol. The van der Waals surface area contributed by atoms with E-state index >= 15 is 0 Å². The normalized spacial score (nSPS) is 10.8. The van der Waals surface area contributed by atoms with Gasteiger partial charge in [-0.3, -0.25) is 9.97 Å². The Morgan fingerprint density at radius 2 is 1.58 bits per heavy atom. The number of pyridine rings is 3. The summed E-state index contributed by atoms with van der Waals surface area (Å²) in [5, 5.41) is 2.98. The van der Waals surface area contributed by atoms with E-state index in [-0.39, 0.29) is 17.2 Å². The van der Waals surface area contributed by atoms with Crippen molar-refractivity contribution in [1.82, 2.24) is 15.0 Å². The summed E-state index contributed by atoms with van der Waals surface area (Å²) in [4.78, 5) is 12.1. The van der Waals surface area contributed by atoms with Gasteiger partial charge in [0, 0.05) is 23.1 Å². The molecule has 0 aliphatic rings. The first-order valence-electron chi connectivity index (χ1n) is 6.94. The molecule has 122 valence electrons. The molecule has 0 aliphatic heterocycles. The summed E-state index contributed by atoms with van der Waals surface area (Å²) >= 11 is 3.29. The van der Waals surface area contributed by atoms with Crippen LogP contribution in [0.2, 0.25) is 0 Å². The quantitative estimate of drug-likeness (QED) is 0.708. The van der Waals surface area contributed by atoms with E-state index in [9.17, 15) is 8.78 Å². The lowest BCUT2D eigenvalue weighted by atomic mass is 10.1. The van der Waals surface area contributed by atoms with Crippen molar-refractivity contribution in [3.63, 3.8) is 0 Å². The molecule has 8 heteroatoms. The van der Waals surface area contributed by atoms with Crippen LogP contribution in [0.5, 0.6) is 0 Å². The maximum Gasteiger partial charge on any atom is 0.147 e. The van der Waals surface area contributed by atoms with E-state index in [1.807, 2.05) is 0 Å². The zero-order valence-corrected chi connectivity index (χ0v) is 13.8. The molecule has 0 saturated carbocycles. The van der Waals surface area contributed by atoms with Crippen molar-refractivity contribution in [3.8, 4) is 0 Å². The van der Waals surface area contributed by atoms with E-state index in [0.29, 0.717) is 10.2 Å². The number of nitrogens with zero attached hydrogens (tertiary/aromatic N) is 3. The van der Waals surface area contributed by atoms with Crippen LogP contribution in [0.15, 0.2) is 53.4 Å². The van der Waals surface area contributed by atoms with Crippen LogP contribution < -0.4 is 11.1 Å². The van der Waals surface area contributed by atoms with Gasteiger partial charge in [-0.1, -0.05) is 0 Å². The van der Waals surface area contributed by atoms with Crippen LogP contribution in [0.25, 0.3) is 0 Å². The summed E-state index contributed by atoms with van der Waals surface area (Å²) < 4.78 is 29.1. The summed E-state index contributed by atoms with van der Waals surface area (Å²) in [6, 6.07) is 6.11. The fourth-order valence-electron chi connectivity index (χ4n) is 2.21. The van der Waals surface area contributed by atoms with Crippen molar-refractivity contribution in [2.24, 2.45) is 0 Å². The zero-order valence-electron chi connectivity index (χ0n) is 12.2. The van der Waals surface area contributed by atoms with Gasteiger partial charge in [-0.15, -0.1) is 0 Å². The molecule has 0 aliphatic carbocycles. The van der Waals surface area contributed by atoms with Gasteiger partial charge < -0.3 is 11.1 Å². The first-order chi connectivity index (χ1) is 11.6. The number of hydrogen-bond acceptors (Lipinski definition) is 5. The molecule has 0 spiro atoms. The van der Waals surface area contributed by atoms with Gasteiger partial charge in [0.25, 0.3) is 0 Å². The van der Waals surface area contributed by atoms with E-state index in [2.05, 4.69) is 36.2 Å². The monoisotopic (exact) mass is 391 g/mol. The van der Waals surface area contributed by atoms with Gasteiger partial charge in [-0.05, 0) is 46.3 Å². The Kier molecular flexibility index (Phi) is 4.66. The SMILES string of the molecule is Nc1ncc(Br)cc1NC(c1ncccc1F)c1ncccc1F. The predicted octanol–water partition coefficient (Wildman–Crippen LogP) is 3.70. The molecular formula is C16H12BrF2N5. The van der Waals surface area contributed by atoms with Crippen LogP contribution in [0.1, 0.15) is 17.4 Å². The molecule has 0 radical (unpaired) electrons. The van der Waals surface area contributed by atoms with Crippen LogP contribution in [-0.4, -0.2) is 15.0 Å². The van der Waals surface area contributed by atoms with E-state index in [0.717, 1.165) is 0 Å². The molecule has 0 aromatic carbocycles. The van der Waals surface area contributed by atoms with Crippen molar-refractivity contribution in [1.29, 1.82) is 0 Å². The summed E-state index contributed by atoms with van der Waals surface area (Å²) in [6.07, 6.45) is 4.38. The Morgan fingerprint density at radius 1 is 1.00 bits per heavy atom. The Morgan fingerprint density at radius 3 is 2.12 bits per heavy atom. The van der Waals surface area contributed by atoms with E-state index in [1.54, 1.807) is 6.07 Å². The van der Waals surface area contributed by atoms with Crippen molar-refractivity contribution in [2.45, 2.75) is 6.04 Å². The minimum atomic E-state index is -0.967. The Labute approximate surface area is 145 Å². The van der Waals surface area contributed by atoms with Gasteiger partial charge in [0.05, 0.1) is 5.69 Å². The molecule has 3 aromatic heterocycles. The van der Waals surface area contributed by atoms with Crippen LogP contribution in [0, 0.1) is 11.6 Å². The molecule has 24 heavy (non-hydrogen) atoms. The molecule has 0 unspecified atom stereocenters. The van der Waals surface area contributed by atoms with Gasteiger partial charge in [-0.25, -0.2) is 13.8 Å². The molecule has 3 aromatic rings. The third kappa shape index (κ3) is 3.33. The number of nitrogens with one attached hydrogen (secondary N) is 1. The fourth-order valence-corrected chi connectivity index (χ4v) is 2.54. The van der Waals surface area contributed by atoms with Crippen molar-refractivity contribution in [3.05, 3.63) is 76.4 Å². The second kappa shape index (κ2) is 6.88. The lowest BCUT2D eigenvalue weighted by molar-refractivity contribution is 0.564. The zero-order chi connectivity index (χ0) is 17.1. The van der Waals surface area contributed by atoms with E-state index in [4.69, 9.17) is 5.73 Å². The van der Waals surface area contributed by atoms with Crippen molar-refractivity contribution < 1.29 is 8.78 Å². The number of rotatable bonds is 4. The smallest absolute Gasteiger partial charge is 0.147 e. The Balaban J connectivity index is 2.11. The number of nitrogens with two attached hydrogens (primary N) is 1. The largest absolute Gasteiger partial charge is 0.382 e. The van der Waals surface area contributed by atoms with Crippen molar-refractivity contribution in [2.75, 3.05) is 11.1 Å². The molecule has 0 fully saturated rings. The van der Waals surface area contributed by atoms with Gasteiger partial charge in [0.2, 0.25) is 0 Å². The minimum absolute atomic E-state index is 0.00877. The third-order valence-corrected chi connectivity index (χ3v) is 3.74. The van der Waals surface area contributed by atoms with Gasteiger partial charge in [0.1, 0.15) is 34.9 Å². The molecule has 3 rings (SSSR count). The lowest BCUT2D eigenvalue weighted by Crippen LogP contribution is -2.19. The van der Waals surface area contributed by atoms with E-state index in [1.165, 1.54) is 42.9 Å². The maximum absolute atomic E-state index is 14.2. The van der Waals surface area contributed by atoms with Crippen LogP contribution in [0.3, 0.4) is 0 Å². The standard InChI is InChI=1S/C16H12BrF2N5/c17-9-7-12(16(20)23-8-9)24-15(13-10(18)3-1-5-21-13)14-11(19)4-2-6-22-14/h1-8,15,24H,(H2,20,23). The average molecular weight is 392 g/mol. The first kappa shape index (κ1) is 16.3. The predicted molar refractivity (Wildman–Crippen MR) is 90.2 cm³/mol. The molecule has 0 bridgehead atoms. The first-order valence-corrected chi connectivity index (χ1v) is 7.74. The number of hydrogen-bond donors (Lipinski definition) is 2. The number of nitrogen functional groups attached to an aromatic ring is 1. The molecule has 0 saturated heterocycles. The van der Waals surface area contributed by atoms with Crippen LogP contribution in [-0.2, 0) is 0 Å². The Hall–Kier alpha value is -2.61. The highest BCUT2D eigenvalue weighted by molar-refractivity contribution is 9.10. The average Bonchev–Trinajstić information content (AvgIpc) is 2.57.